The van der Waals surface area contributed by atoms with E-state index in [9.17, 15) is 13.2 Å². The Hall–Kier alpha value is -1.41. The average Bonchev–Trinajstić information content (AvgIpc) is 3.12. The molecule has 0 aliphatic carbocycles. The quantitative estimate of drug-likeness (QED) is 0.819. The van der Waals surface area contributed by atoms with Crippen LogP contribution in [0.5, 0.6) is 0 Å². The highest BCUT2D eigenvalue weighted by molar-refractivity contribution is 7.89. The zero-order valence-corrected chi connectivity index (χ0v) is 14.5. The molecule has 2 aliphatic rings. The monoisotopic (exact) mass is 340 g/mol. The van der Waals surface area contributed by atoms with Crippen molar-refractivity contribution in [2.75, 3.05) is 19.6 Å². The van der Waals surface area contributed by atoms with Crippen molar-refractivity contribution >= 4 is 15.9 Å². The maximum atomic E-state index is 13.0. The first-order valence-electron chi connectivity index (χ1n) is 8.23. The Kier molecular flexibility index (Phi) is 4.22. The molecule has 0 aromatic carbocycles. The van der Waals surface area contributed by atoms with Crippen molar-refractivity contribution in [1.82, 2.24) is 19.0 Å². The van der Waals surface area contributed by atoms with Gasteiger partial charge in [0.2, 0.25) is 15.9 Å². The highest BCUT2D eigenvalue weighted by Crippen LogP contribution is 2.41. The average molecular weight is 340 g/mol. The SMILES string of the molecule is CCCN1CCCC2(CCCN2S(=O)(=O)c2cnn(C)c2)C1=O. The second-order valence-corrected chi connectivity index (χ2v) is 8.32. The summed E-state index contributed by atoms with van der Waals surface area (Å²) in [6.45, 7) is 3.87. The summed E-state index contributed by atoms with van der Waals surface area (Å²) in [5, 5.41) is 3.97. The maximum absolute atomic E-state index is 13.0. The number of piperidine rings is 1. The molecule has 23 heavy (non-hydrogen) atoms. The van der Waals surface area contributed by atoms with Gasteiger partial charge in [0.25, 0.3) is 0 Å². The molecule has 7 nitrogen and oxygen atoms in total. The smallest absolute Gasteiger partial charge is 0.247 e. The fourth-order valence-electron chi connectivity index (χ4n) is 3.88. The van der Waals surface area contributed by atoms with Gasteiger partial charge < -0.3 is 4.90 Å². The Balaban J connectivity index is 1.97. The van der Waals surface area contributed by atoms with Crippen LogP contribution in [0.4, 0.5) is 0 Å². The van der Waals surface area contributed by atoms with E-state index in [0.29, 0.717) is 25.9 Å². The number of sulfonamides is 1. The van der Waals surface area contributed by atoms with E-state index in [2.05, 4.69) is 5.10 Å². The summed E-state index contributed by atoms with van der Waals surface area (Å²) in [7, 11) is -2.01. The Morgan fingerprint density at radius 3 is 2.57 bits per heavy atom. The molecular weight excluding hydrogens is 316 g/mol. The first kappa shape index (κ1) is 16.4. The maximum Gasteiger partial charge on any atom is 0.247 e. The minimum atomic E-state index is -3.69. The summed E-state index contributed by atoms with van der Waals surface area (Å²) < 4.78 is 29.0. The van der Waals surface area contributed by atoms with Gasteiger partial charge in [-0.05, 0) is 32.1 Å². The van der Waals surface area contributed by atoms with Crippen molar-refractivity contribution in [3.05, 3.63) is 12.4 Å². The van der Waals surface area contributed by atoms with E-state index < -0.39 is 15.6 Å². The molecule has 1 aromatic heterocycles. The van der Waals surface area contributed by atoms with Crippen LogP contribution in [-0.4, -0.2) is 58.5 Å². The van der Waals surface area contributed by atoms with E-state index in [1.54, 1.807) is 7.05 Å². The third-order valence-corrected chi connectivity index (χ3v) is 6.81. The largest absolute Gasteiger partial charge is 0.341 e. The number of nitrogens with zero attached hydrogens (tertiary/aromatic N) is 4. The van der Waals surface area contributed by atoms with Gasteiger partial charge in [-0.25, -0.2) is 8.42 Å². The lowest BCUT2D eigenvalue weighted by Gasteiger charge is -2.43. The van der Waals surface area contributed by atoms with Gasteiger partial charge in [0.1, 0.15) is 10.4 Å². The van der Waals surface area contributed by atoms with Crippen LogP contribution in [0.3, 0.4) is 0 Å². The van der Waals surface area contributed by atoms with Crippen molar-refractivity contribution < 1.29 is 13.2 Å². The zero-order chi connectivity index (χ0) is 16.7. The lowest BCUT2D eigenvalue weighted by molar-refractivity contribution is -0.144. The fourth-order valence-corrected chi connectivity index (χ4v) is 5.69. The van der Waals surface area contributed by atoms with Gasteiger partial charge in [-0.1, -0.05) is 6.92 Å². The second kappa shape index (κ2) is 5.90. The Morgan fingerprint density at radius 1 is 1.26 bits per heavy atom. The molecule has 128 valence electrons. The van der Waals surface area contributed by atoms with Gasteiger partial charge >= 0.3 is 0 Å². The molecule has 0 saturated carbocycles. The highest BCUT2D eigenvalue weighted by Gasteiger charge is 2.55. The standard InChI is InChI=1S/C15H24N4O3S/c1-3-8-18-9-4-6-15(14(18)20)7-5-10-19(15)23(21,22)13-11-16-17(2)12-13/h11-12H,3-10H2,1-2H3. The number of carbonyl (C=O) groups is 1. The van der Waals surface area contributed by atoms with Crippen LogP contribution in [-0.2, 0) is 21.9 Å². The number of carbonyl (C=O) groups excluding carboxylic acids is 1. The molecule has 2 saturated heterocycles. The van der Waals surface area contributed by atoms with Crippen LogP contribution in [0.25, 0.3) is 0 Å². The third-order valence-electron chi connectivity index (χ3n) is 4.90. The van der Waals surface area contributed by atoms with Crippen molar-refractivity contribution in [3.63, 3.8) is 0 Å². The van der Waals surface area contributed by atoms with E-state index >= 15 is 0 Å². The van der Waals surface area contributed by atoms with Gasteiger partial charge in [0.15, 0.2) is 0 Å². The topological polar surface area (TPSA) is 75.5 Å². The van der Waals surface area contributed by atoms with Crippen molar-refractivity contribution in [3.8, 4) is 0 Å². The molecule has 0 radical (unpaired) electrons. The van der Waals surface area contributed by atoms with Crippen LogP contribution in [0.1, 0.15) is 39.0 Å². The van der Waals surface area contributed by atoms with Gasteiger partial charge in [-0.3, -0.25) is 9.48 Å². The molecular formula is C15H24N4O3S. The number of amides is 1. The number of hydrogen-bond donors (Lipinski definition) is 0. The first-order valence-corrected chi connectivity index (χ1v) is 9.67. The van der Waals surface area contributed by atoms with E-state index in [1.165, 1.54) is 21.4 Å². The van der Waals surface area contributed by atoms with E-state index in [-0.39, 0.29) is 10.8 Å². The van der Waals surface area contributed by atoms with E-state index in [0.717, 1.165) is 25.8 Å². The Labute approximate surface area is 137 Å². The predicted octanol–water partition coefficient (Wildman–Crippen LogP) is 0.976. The molecule has 3 rings (SSSR count). The fraction of sp³-hybridized carbons (Fsp3) is 0.733. The minimum absolute atomic E-state index is 0.0180. The van der Waals surface area contributed by atoms with Crippen LogP contribution in [0, 0.1) is 0 Å². The van der Waals surface area contributed by atoms with Crippen molar-refractivity contribution in [2.45, 2.75) is 49.5 Å². The van der Waals surface area contributed by atoms with Crippen LogP contribution in [0.15, 0.2) is 17.3 Å². The number of rotatable bonds is 4. The van der Waals surface area contributed by atoms with Gasteiger partial charge in [-0.2, -0.15) is 9.40 Å². The number of hydrogen-bond acceptors (Lipinski definition) is 4. The van der Waals surface area contributed by atoms with E-state index in [1.807, 2.05) is 11.8 Å². The van der Waals surface area contributed by atoms with Crippen LogP contribution < -0.4 is 0 Å². The summed E-state index contributed by atoms with van der Waals surface area (Å²) in [6, 6.07) is 0. The molecule has 1 spiro atoms. The summed E-state index contributed by atoms with van der Waals surface area (Å²) in [5.41, 5.74) is -0.887. The molecule has 0 N–H and O–H groups in total. The summed E-state index contributed by atoms with van der Waals surface area (Å²) in [4.78, 5) is 15.0. The zero-order valence-electron chi connectivity index (χ0n) is 13.7. The Morgan fingerprint density at radius 2 is 1.96 bits per heavy atom. The Bertz CT molecular complexity index is 697. The van der Waals surface area contributed by atoms with Gasteiger partial charge in [0.05, 0.1) is 6.20 Å². The summed E-state index contributed by atoms with van der Waals surface area (Å²) in [5.74, 6) is -0.0180. The number of aryl methyl sites for hydroxylation is 1. The normalized spacial score (nSPS) is 26.3. The molecule has 1 unspecified atom stereocenters. The minimum Gasteiger partial charge on any atom is -0.341 e. The molecule has 2 fully saturated rings. The molecule has 3 heterocycles. The van der Waals surface area contributed by atoms with Gasteiger partial charge in [0, 0.05) is 32.9 Å². The number of likely N-dealkylation sites (tertiary alicyclic amines) is 1. The highest BCUT2D eigenvalue weighted by atomic mass is 32.2. The first-order chi connectivity index (χ1) is 10.9. The predicted molar refractivity (Wildman–Crippen MR) is 85.2 cm³/mol. The van der Waals surface area contributed by atoms with E-state index in [4.69, 9.17) is 0 Å². The molecule has 2 aliphatic heterocycles. The number of aromatic nitrogens is 2. The third kappa shape index (κ3) is 2.57. The van der Waals surface area contributed by atoms with Crippen molar-refractivity contribution in [1.29, 1.82) is 0 Å². The molecule has 1 amide bonds. The summed E-state index contributed by atoms with van der Waals surface area (Å²) in [6.07, 6.45) is 6.56. The lowest BCUT2D eigenvalue weighted by Crippen LogP contribution is -2.61. The summed E-state index contributed by atoms with van der Waals surface area (Å²) >= 11 is 0. The van der Waals surface area contributed by atoms with Gasteiger partial charge in [-0.15, -0.1) is 0 Å². The second-order valence-electron chi connectivity index (χ2n) is 6.46. The molecule has 0 bridgehead atoms. The lowest BCUT2D eigenvalue weighted by atomic mass is 9.86. The molecule has 8 heteroatoms. The van der Waals surface area contributed by atoms with Crippen LogP contribution in [0.2, 0.25) is 0 Å². The van der Waals surface area contributed by atoms with Crippen molar-refractivity contribution in [2.24, 2.45) is 7.05 Å². The molecule has 1 aromatic rings. The van der Waals surface area contributed by atoms with Crippen LogP contribution >= 0.6 is 0 Å². The molecule has 1 atom stereocenters.